The van der Waals surface area contributed by atoms with Crippen molar-refractivity contribution >= 4 is 18.7 Å². The molecule has 184 valence electrons. The molecule has 5 rings (SSSR count). The number of hydrogen-bond donors (Lipinski definition) is 0. The van der Waals surface area contributed by atoms with Crippen LogP contribution in [0.1, 0.15) is 45.2 Å². The fraction of sp³-hybridized carbons (Fsp3) is 0.464. The number of carbonyl (C=O) groups excluding carboxylic acids is 1. The first kappa shape index (κ1) is 24.1. The van der Waals surface area contributed by atoms with Gasteiger partial charge < -0.3 is 18.8 Å². The molecule has 1 amide bonds. The lowest BCUT2D eigenvalue weighted by atomic mass is 9.77. The van der Waals surface area contributed by atoms with E-state index in [-0.39, 0.29) is 43.1 Å². The number of nitrogens with zero attached hydrogens (tertiary/aromatic N) is 1. The van der Waals surface area contributed by atoms with Gasteiger partial charge in [-0.05, 0) is 57.1 Å². The SMILES string of the molecule is CC1(C)OB(c2cccc(CC3=CC4COCC(C3)N4C(=O)OCc3ccccc3)c2)OC1(C)C. The predicted octanol–water partition coefficient (Wildman–Crippen LogP) is 4.26. The molecule has 2 saturated heterocycles. The van der Waals surface area contributed by atoms with Crippen molar-refractivity contribution < 1.29 is 23.6 Å². The summed E-state index contributed by atoms with van der Waals surface area (Å²) < 4.78 is 23.9. The Morgan fingerprint density at radius 1 is 1.00 bits per heavy atom. The van der Waals surface area contributed by atoms with Crippen molar-refractivity contribution in [2.45, 2.75) is 70.4 Å². The van der Waals surface area contributed by atoms with Gasteiger partial charge in [-0.1, -0.05) is 66.2 Å². The second kappa shape index (κ2) is 9.45. The molecule has 35 heavy (non-hydrogen) atoms. The lowest BCUT2D eigenvalue weighted by molar-refractivity contribution is -0.0374. The summed E-state index contributed by atoms with van der Waals surface area (Å²) in [7, 11) is -0.372. The molecule has 0 radical (unpaired) electrons. The molecule has 2 unspecified atom stereocenters. The lowest BCUT2D eigenvalue weighted by Gasteiger charge is -2.43. The van der Waals surface area contributed by atoms with E-state index in [0.29, 0.717) is 13.2 Å². The fourth-order valence-corrected chi connectivity index (χ4v) is 4.99. The van der Waals surface area contributed by atoms with Crippen LogP contribution in [0.5, 0.6) is 0 Å². The Morgan fingerprint density at radius 3 is 2.43 bits per heavy atom. The number of ether oxygens (including phenoxy) is 2. The average Bonchev–Trinajstić information content (AvgIpc) is 3.04. The maximum atomic E-state index is 12.9. The molecule has 6 nitrogen and oxygen atoms in total. The summed E-state index contributed by atoms with van der Waals surface area (Å²) in [5, 5.41) is 0. The van der Waals surface area contributed by atoms with Gasteiger partial charge in [0.05, 0.1) is 36.5 Å². The quantitative estimate of drug-likeness (QED) is 0.478. The van der Waals surface area contributed by atoms with Crippen molar-refractivity contribution in [3.63, 3.8) is 0 Å². The van der Waals surface area contributed by atoms with Gasteiger partial charge in [-0.25, -0.2) is 4.79 Å². The van der Waals surface area contributed by atoms with Gasteiger partial charge in [0.25, 0.3) is 0 Å². The van der Waals surface area contributed by atoms with Crippen molar-refractivity contribution in [3.05, 3.63) is 77.4 Å². The van der Waals surface area contributed by atoms with Gasteiger partial charge in [0.2, 0.25) is 0 Å². The summed E-state index contributed by atoms with van der Waals surface area (Å²) in [6, 6.07) is 18.1. The van der Waals surface area contributed by atoms with E-state index < -0.39 is 0 Å². The highest BCUT2D eigenvalue weighted by Gasteiger charge is 2.51. The zero-order valence-corrected chi connectivity index (χ0v) is 21.0. The van der Waals surface area contributed by atoms with Gasteiger partial charge in [0.1, 0.15) is 6.61 Å². The van der Waals surface area contributed by atoms with Crippen LogP contribution in [0.15, 0.2) is 66.2 Å². The van der Waals surface area contributed by atoms with Crippen molar-refractivity contribution in [2.24, 2.45) is 0 Å². The van der Waals surface area contributed by atoms with Gasteiger partial charge in [-0.2, -0.15) is 0 Å². The Morgan fingerprint density at radius 2 is 1.71 bits per heavy atom. The van der Waals surface area contributed by atoms with Gasteiger partial charge >= 0.3 is 13.2 Å². The van der Waals surface area contributed by atoms with Crippen LogP contribution in [0.25, 0.3) is 0 Å². The van der Waals surface area contributed by atoms with Gasteiger partial charge in [0.15, 0.2) is 0 Å². The third-order valence-corrected chi connectivity index (χ3v) is 7.60. The van der Waals surface area contributed by atoms with Crippen molar-refractivity contribution in [3.8, 4) is 0 Å². The summed E-state index contributed by atoms with van der Waals surface area (Å²) in [6.45, 7) is 9.58. The molecule has 0 spiro atoms. The molecule has 3 aliphatic rings. The maximum absolute atomic E-state index is 12.9. The first-order valence-corrected chi connectivity index (χ1v) is 12.4. The molecular formula is C28H34BNO5. The van der Waals surface area contributed by atoms with Crippen molar-refractivity contribution in [1.29, 1.82) is 0 Å². The summed E-state index contributed by atoms with van der Waals surface area (Å²) in [5.74, 6) is 0. The van der Waals surface area contributed by atoms with E-state index in [1.54, 1.807) is 0 Å². The molecule has 3 heterocycles. The molecule has 0 aromatic heterocycles. The van der Waals surface area contributed by atoms with E-state index in [2.05, 4.69) is 58.0 Å². The number of carbonyl (C=O) groups is 1. The summed E-state index contributed by atoms with van der Waals surface area (Å²) in [5.41, 5.74) is 3.82. The van der Waals surface area contributed by atoms with E-state index >= 15 is 0 Å². The highest BCUT2D eigenvalue weighted by atomic mass is 16.7. The topological polar surface area (TPSA) is 57.2 Å². The first-order valence-electron chi connectivity index (χ1n) is 12.4. The van der Waals surface area contributed by atoms with Gasteiger partial charge in [-0.15, -0.1) is 0 Å². The van der Waals surface area contributed by atoms with E-state index in [9.17, 15) is 4.79 Å². The number of morpholine rings is 1. The number of rotatable bonds is 5. The number of benzene rings is 2. The third kappa shape index (κ3) is 5.04. The molecule has 2 fully saturated rings. The molecule has 2 aromatic carbocycles. The molecule has 0 saturated carbocycles. The Labute approximate surface area is 208 Å². The summed E-state index contributed by atoms with van der Waals surface area (Å²) >= 11 is 0. The zero-order valence-electron chi connectivity index (χ0n) is 21.0. The maximum Gasteiger partial charge on any atom is 0.494 e. The molecule has 3 aliphatic heterocycles. The Hall–Kier alpha value is -2.61. The first-order chi connectivity index (χ1) is 16.7. The number of amides is 1. The van der Waals surface area contributed by atoms with Crippen LogP contribution in [-0.2, 0) is 31.8 Å². The van der Waals surface area contributed by atoms with Crippen LogP contribution < -0.4 is 5.46 Å². The number of fused-ring (bicyclic) bond motifs is 2. The van der Waals surface area contributed by atoms with Crippen LogP contribution in [0, 0.1) is 0 Å². The van der Waals surface area contributed by atoms with E-state index in [0.717, 1.165) is 23.9 Å². The minimum atomic E-state index is -0.372. The molecule has 0 aliphatic carbocycles. The molecular weight excluding hydrogens is 441 g/mol. The van der Waals surface area contributed by atoms with E-state index in [1.807, 2.05) is 35.2 Å². The Kier molecular flexibility index (Phi) is 6.51. The van der Waals surface area contributed by atoms with Crippen LogP contribution in [0.2, 0.25) is 0 Å². The van der Waals surface area contributed by atoms with Crippen LogP contribution in [0.3, 0.4) is 0 Å². The smallest absolute Gasteiger partial charge is 0.445 e. The third-order valence-electron chi connectivity index (χ3n) is 7.60. The fourth-order valence-electron chi connectivity index (χ4n) is 4.99. The standard InChI is InChI=1S/C28H34BNO5/c1-27(2)28(3,4)35-29(34-27)23-12-8-11-21(14-23)13-22-15-24-18-32-19-25(16-22)30(24)26(31)33-17-20-9-6-5-7-10-20/h5-12,14-15,24-25H,13,16-19H2,1-4H3. The van der Waals surface area contributed by atoms with Gasteiger partial charge in [-0.3, -0.25) is 4.90 Å². The normalized spacial score (nSPS) is 24.7. The van der Waals surface area contributed by atoms with Gasteiger partial charge in [0, 0.05) is 0 Å². The molecule has 0 N–H and O–H groups in total. The monoisotopic (exact) mass is 475 g/mol. The van der Waals surface area contributed by atoms with E-state index in [1.165, 1.54) is 11.1 Å². The van der Waals surface area contributed by atoms with Crippen LogP contribution in [0.4, 0.5) is 4.79 Å². The lowest BCUT2D eigenvalue weighted by Crippen LogP contribution is -2.56. The second-order valence-corrected chi connectivity index (χ2v) is 10.7. The molecule has 7 heteroatoms. The van der Waals surface area contributed by atoms with E-state index in [4.69, 9.17) is 18.8 Å². The van der Waals surface area contributed by atoms with Crippen molar-refractivity contribution in [1.82, 2.24) is 4.90 Å². The summed E-state index contributed by atoms with van der Waals surface area (Å²) in [6.07, 6.45) is 3.51. The van der Waals surface area contributed by atoms with Crippen LogP contribution in [-0.4, -0.2) is 54.6 Å². The number of hydrogen-bond acceptors (Lipinski definition) is 5. The van der Waals surface area contributed by atoms with Crippen LogP contribution >= 0.6 is 0 Å². The average molecular weight is 475 g/mol. The Bertz CT molecular complexity index is 1080. The molecule has 2 aromatic rings. The second-order valence-electron chi connectivity index (χ2n) is 10.7. The van der Waals surface area contributed by atoms with Crippen molar-refractivity contribution in [2.75, 3.05) is 13.2 Å². The minimum Gasteiger partial charge on any atom is -0.445 e. The largest absolute Gasteiger partial charge is 0.494 e. The minimum absolute atomic E-state index is 0.0108. The highest BCUT2D eigenvalue weighted by molar-refractivity contribution is 6.62. The zero-order chi connectivity index (χ0) is 24.6. The molecule has 2 bridgehead atoms. The summed E-state index contributed by atoms with van der Waals surface area (Å²) in [4.78, 5) is 14.8. The molecule has 2 atom stereocenters. The predicted molar refractivity (Wildman–Crippen MR) is 135 cm³/mol. The highest BCUT2D eigenvalue weighted by Crippen LogP contribution is 2.36. The Balaban J connectivity index is 1.26.